The van der Waals surface area contributed by atoms with E-state index in [9.17, 15) is 0 Å². The summed E-state index contributed by atoms with van der Waals surface area (Å²) in [6, 6.07) is 8.19. The molecule has 1 heterocycles. The third-order valence-electron chi connectivity index (χ3n) is 3.32. The molecule has 0 bridgehead atoms. The lowest BCUT2D eigenvalue weighted by molar-refractivity contribution is 0.0358. The zero-order chi connectivity index (χ0) is 13.3. The van der Waals surface area contributed by atoms with Gasteiger partial charge in [0.2, 0.25) is 0 Å². The van der Waals surface area contributed by atoms with E-state index in [2.05, 4.69) is 17.5 Å². The number of rotatable bonds is 7. The second-order valence-electron chi connectivity index (χ2n) is 4.76. The highest BCUT2D eigenvalue weighted by Gasteiger charge is 2.09. The highest BCUT2D eigenvalue weighted by atomic mass is 16.5. The second kappa shape index (κ2) is 7.97. The SMILES string of the molecule is C=CCc1ccccc1OCCCN1CCOCC1. The molecule has 104 valence electrons. The fourth-order valence-corrected chi connectivity index (χ4v) is 2.26. The van der Waals surface area contributed by atoms with E-state index >= 15 is 0 Å². The van der Waals surface area contributed by atoms with Gasteiger partial charge >= 0.3 is 0 Å². The molecule has 1 aliphatic heterocycles. The molecule has 0 unspecified atom stereocenters. The minimum absolute atomic E-state index is 0.769. The van der Waals surface area contributed by atoms with Gasteiger partial charge in [0.25, 0.3) is 0 Å². The molecular weight excluding hydrogens is 238 g/mol. The van der Waals surface area contributed by atoms with Crippen LogP contribution >= 0.6 is 0 Å². The minimum atomic E-state index is 0.769. The van der Waals surface area contributed by atoms with E-state index in [0.29, 0.717) is 0 Å². The molecule has 0 aliphatic carbocycles. The molecule has 1 aliphatic rings. The van der Waals surface area contributed by atoms with Crippen LogP contribution in [0, 0.1) is 0 Å². The molecule has 1 saturated heterocycles. The Labute approximate surface area is 115 Å². The average Bonchev–Trinajstić information content (AvgIpc) is 2.47. The molecule has 3 heteroatoms. The molecule has 0 spiro atoms. The molecular formula is C16H23NO2. The lowest BCUT2D eigenvalue weighted by atomic mass is 10.1. The Balaban J connectivity index is 1.71. The second-order valence-corrected chi connectivity index (χ2v) is 4.76. The van der Waals surface area contributed by atoms with Gasteiger partial charge in [-0.25, -0.2) is 0 Å². The van der Waals surface area contributed by atoms with Gasteiger partial charge in [-0.1, -0.05) is 24.3 Å². The van der Waals surface area contributed by atoms with Crippen molar-refractivity contribution in [1.29, 1.82) is 0 Å². The van der Waals surface area contributed by atoms with Gasteiger partial charge in [0.05, 0.1) is 19.8 Å². The summed E-state index contributed by atoms with van der Waals surface area (Å²) in [5.74, 6) is 0.990. The van der Waals surface area contributed by atoms with Crippen LogP contribution in [0.2, 0.25) is 0 Å². The van der Waals surface area contributed by atoms with Gasteiger partial charge in [-0.05, 0) is 24.5 Å². The van der Waals surface area contributed by atoms with Crippen molar-refractivity contribution in [3.8, 4) is 5.75 Å². The van der Waals surface area contributed by atoms with Gasteiger partial charge in [-0.2, -0.15) is 0 Å². The summed E-state index contributed by atoms with van der Waals surface area (Å²) < 4.78 is 11.2. The van der Waals surface area contributed by atoms with Crippen LogP contribution < -0.4 is 4.74 Å². The zero-order valence-corrected chi connectivity index (χ0v) is 11.5. The predicted octanol–water partition coefficient (Wildman–Crippen LogP) is 2.52. The Hall–Kier alpha value is -1.32. The van der Waals surface area contributed by atoms with E-state index in [1.807, 2.05) is 24.3 Å². The normalized spacial score (nSPS) is 16.2. The summed E-state index contributed by atoms with van der Waals surface area (Å²) in [5.41, 5.74) is 1.21. The topological polar surface area (TPSA) is 21.7 Å². The minimum Gasteiger partial charge on any atom is -0.493 e. The number of morpholine rings is 1. The van der Waals surface area contributed by atoms with Gasteiger partial charge in [-0.3, -0.25) is 4.90 Å². The molecule has 0 amide bonds. The molecule has 3 nitrogen and oxygen atoms in total. The lowest BCUT2D eigenvalue weighted by Crippen LogP contribution is -2.37. The van der Waals surface area contributed by atoms with Gasteiger partial charge in [-0.15, -0.1) is 6.58 Å². The molecule has 0 N–H and O–H groups in total. The molecule has 1 fully saturated rings. The molecule has 1 aromatic carbocycles. The first-order valence-electron chi connectivity index (χ1n) is 7.02. The van der Waals surface area contributed by atoms with Crippen molar-refractivity contribution in [3.05, 3.63) is 42.5 Å². The van der Waals surface area contributed by atoms with E-state index in [4.69, 9.17) is 9.47 Å². The molecule has 2 rings (SSSR count). The molecule has 0 radical (unpaired) electrons. The molecule has 19 heavy (non-hydrogen) atoms. The Morgan fingerprint density at radius 3 is 2.84 bits per heavy atom. The maximum atomic E-state index is 5.88. The Kier molecular flexibility index (Phi) is 5.92. The van der Waals surface area contributed by atoms with Crippen molar-refractivity contribution >= 4 is 0 Å². The van der Waals surface area contributed by atoms with Crippen molar-refractivity contribution in [2.45, 2.75) is 12.8 Å². The highest BCUT2D eigenvalue weighted by Crippen LogP contribution is 2.18. The summed E-state index contributed by atoms with van der Waals surface area (Å²) in [5, 5.41) is 0. The summed E-state index contributed by atoms with van der Waals surface area (Å²) in [6.45, 7) is 9.47. The third kappa shape index (κ3) is 4.69. The van der Waals surface area contributed by atoms with E-state index in [0.717, 1.165) is 58.0 Å². The quantitative estimate of drug-likeness (QED) is 0.556. The molecule has 0 aromatic heterocycles. The number of ether oxygens (including phenoxy) is 2. The highest BCUT2D eigenvalue weighted by molar-refractivity contribution is 5.34. The van der Waals surface area contributed by atoms with Gasteiger partial charge in [0, 0.05) is 19.6 Å². The maximum Gasteiger partial charge on any atom is 0.122 e. The Morgan fingerprint density at radius 2 is 2.05 bits per heavy atom. The fraction of sp³-hybridized carbons (Fsp3) is 0.500. The summed E-state index contributed by atoms with van der Waals surface area (Å²) in [6.07, 6.45) is 3.83. The third-order valence-corrected chi connectivity index (χ3v) is 3.32. The Bertz CT molecular complexity index is 386. The smallest absolute Gasteiger partial charge is 0.122 e. The maximum absolute atomic E-state index is 5.88. The van der Waals surface area contributed by atoms with Crippen LogP contribution in [0.15, 0.2) is 36.9 Å². The van der Waals surface area contributed by atoms with E-state index in [1.165, 1.54) is 5.56 Å². The van der Waals surface area contributed by atoms with Gasteiger partial charge in [0.15, 0.2) is 0 Å². The molecule has 0 atom stereocenters. The number of allylic oxidation sites excluding steroid dienone is 1. The van der Waals surface area contributed by atoms with Crippen molar-refractivity contribution in [3.63, 3.8) is 0 Å². The summed E-state index contributed by atoms with van der Waals surface area (Å²) in [4.78, 5) is 2.43. The number of para-hydroxylation sites is 1. The summed E-state index contributed by atoms with van der Waals surface area (Å²) >= 11 is 0. The average molecular weight is 261 g/mol. The van der Waals surface area contributed by atoms with E-state index in [-0.39, 0.29) is 0 Å². The predicted molar refractivity (Wildman–Crippen MR) is 77.7 cm³/mol. The lowest BCUT2D eigenvalue weighted by Gasteiger charge is -2.26. The van der Waals surface area contributed by atoms with E-state index in [1.54, 1.807) is 0 Å². The zero-order valence-electron chi connectivity index (χ0n) is 11.5. The standard InChI is InChI=1S/C16H23NO2/c1-2-6-15-7-3-4-8-16(15)19-12-5-9-17-10-13-18-14-11-17/h2-4,7-8H,1,5-6,9-14H2. The van der Waals surface area contributed by atoms with Crippen molar-refractivity contribution < 1.29 is 9.47 Å². The van der Waals surface area contributed by atoms with Crippen LogP contribution in [0.1, 0.15) is 12.0 Å². The first-order valence-corrected chi connectivity index (χ1v) is 7.02. The van der Waals surface area contributed by atoms with Crippen molar-refractivity contribution in [2.24, 2.45) is 0 Å². The summed E-state index contributed by atoms with van der Waals surface area (Å²) in [7, 11) is 0. The van der Waals surface area contributed by atoms with Crippen LogP contribution in [-0.2, 0) is 11.2 Å². The van der Waals surface area contributed by atoms with Crippen molar-refractivity contribution in [2.75, 3.05) is 39.5 Å². The number of nitrogens with zero attached hydrogens (tertiary/aromatic N) is 1. The van der Waals surface area contributed by atoms with Crippen LogP contribution in [0.5, 0.6) is 5.75 Å². The molecule has 1 aromatic rings. The molecule has 0 saturated carbocycles. The number of benzene rings is 1. The van der Waals surface area contributed by atoms with Crippen molar-refractivity contribution in [1.82, 2.24) is 4.90 Å². The first-order chi connectivity index (χ1) is 9.40. The Morgan fingerprint density at radius 1 is 1.26 bits per heavy atom. The monoisotopic (exact) mass is 261 g/mol. The van der Waals surface area contributed by atoms with Crippen LogP contribution in [0.25, 0.3) is 0 Å². The first kappa shape index (κ1) is 14.1. The number of hydrogen-bond donors (Lipinski definition) is 0. The fourth-order valence-electron chi connectivity index (χ4n) is 2.26. The van der Waals surface area contributed by atoms with Crippen LogP contribution in [-0.4, -0.2) is 44.4 Å². The van der Waals surface area contributed by atoms with Crippen LogP contribution in [0.4, 0.5) is 0 Å². The van der Waals surface area contributed by atoms with Gasteiger partial charge in [0.1, 0.15) is 5.75 Å². The van der Waals surface area contributed by atoms with Gasteiger partial charge < -0.3 is 9.47 Å². The largest absolute Gasteiger partial charge is 0.493 e. The van der Waals surface area contributed by atoms with Crippen LogP contribution in [0.3, 0.4) is 0 Å². The number of hydrogen-bond acceptors (Lipinski definition) is 3. The van der Waals surface area contributed by atoms with E-state index < -0.39 is 0 Å².